The Balaban J connectivity index is 2.14. The van der Waals surface area contributed by atoms with Crippen molar-refractivity contribution in [1.29, 1.82) is 0 Å². The molecular formula is C15H14ClNO2. The van der Waals surface area contributed by atoms with Crippen LogP contribution in [0.3, 0.4) is 0 Å². The molecule has 0 amide bonds. The Bertz CT molecular complexity index is 628. The molecule has 0 unspecified atom stereocenters. The lowest BCUT2D eigenvalue weighted by Crippen LogP contribution is -2.15. The van der Waals surface area contributed by atoms with E-state index in [0.29, 0.717) is 5.02 Å². The van der Waals surface area contributed by atoms with E-state index < -0.39 is 0 Å². The zero-order valence-electron chi connectivity index (χ0n) is 10.5. The van der Waals surface area contributed by atoms with E-state index in [2.05, 4.69) is 5.32 Å². The second kappa shape index (κ2) is 4.76. The Hall–Kier alpha value is -1.71. The molecule has 0 aliphatic carbocycles. The highest BCUT2D eigenvalue weighted by atomic mass is 35.5. The molecule has 98 valence electrons. The molecule has 1 heterocycles. The maximum Gasteiger partial charge on any atom is 0.119 e. The molecule has 0 radical (unpaired) electrons. The van der Waals surface area contributed by atoms with Crippen molar-refractivity contribution in [3.63, 3.8) is 0 Å². The van der Waals surface area contributed by atoms with Crippen molar-refractivity contribution in [3.05, 3.63) is 52.5 Å². The summed E-state index contributed by atoms with van der Waals surface area (Å²) in [6.45, 7) is 0.0521. The van der Waals surface area contributed by atoms with Crippen molar-refractivity contribution < 1.29 is 9.84 Å². The third kappa shape index (κ3) is 2.05. The first-order valence-corrected chi connectivity index (χ1v) is 6.46. The fourth-order valence-corrected chi connectivity index (χ4v) is 2.69. The second-order valence-corrected chi connectivity index (χ2v) is 4.98. The van der Waals surface area contributed by atoms with Gasteiger partial charge in [-0.25, -0.2) is 0 Å². The molecule has 0 bridgehead atoms. The zero-order chi connectivity index (χ0) is 13.4. The van der Waals surface area contributed by atoms with Gasteiger partial charge < -0.3 is 15.2 Å². The number of benzene rings is 2. The predicted octanol–water partition coefficient (Wildman–Crippen LogP) is 3.53. The summed E-state index contributed by atoms with van der Waals surface area (Å²) >= 11 is 6.02. The Morgan fingerprint density at radius 1 is 1.16 bits per heavy atom. The van der Waals surface area contributed by atoms with Gasteiger partial charge in [-0.3, -0.25) is 0 Å². The number of ether oxygens (including phenoxy) is 1. The SMILES string of the molecule is COc1ccc2c(c1)[C@@H](CO)c1ccc(Cl)cc1N2. The fraction of sp³-hybridized carbons (Fsp3) is 0.200. The quantitative estimate of drug-likeness (QED) is 0.881. The van der Waals surface area contributed by atoms with Gasteiger partial charge in [0.2, 0.25) is 0 Å². The van der Waals surface area contributed by atoms with Gasteiger partial charge in [-0.15, -0.1) is 0 Å². The van der Waals surface area contributed by atoms with Gasteiger partial charge in [-0.1, -0.05) is 17.7 Å². The van der Waals surface area contributed by atoms with Crippen LogP contribution in [0.1, 0.15) is 17.0 Å². The van der Waals surface area contributed by atoms with Crippen LogP contribution in [-0.4, -0.2) is 18.8 Å². The van der Waals surface area contributed by atoms with E-state index in [1.54, 1.807) is 7.11 Å². The number of aliphatic hydroxyl groups is 1. The van der Waals surface area contributed by atoms with Crippen LogP contribution in [0.4, 0.5) is 11.4 Å². The molecule has 3 rings (SSSR count). The number of anilines is 2. The molecule has 4 heteroatoms. The highest BCUT2D eigenvalue weighted by molar-refractivity contribution is 6.30. The lowest BCUT2D eigenvalue weighted by molar-refractivity contribution is 0.280. The van der Waals surface area contributed by atoms with Gasteiger partial charge in [0.15, 0.2) is 0 Å². The Labute approximate surface area is 116 Å². The Morgan fingerprint density at radius 2 is 2.00 bits per heavy atom. The maximum absolute atomic E-state index is 9.72. The molecule has 1 aliphatic rings. The summed E-state index contributed by atoms with van der Waals surface area (Å²) in [7, 11) is 1.64. The van der Waals surface area contributed by atoms with Gasteiger partial charge in [0.05, 0.1) is 13.7 Å². The van der Waals surface area contributed by atoms with Gasteiger partial charge in [0, 0.05) is 22.3 Å². The van der Waals surface area contributed by atoms with Crippen molar-refractivity contribution in [1.82, 2.24) is 0 Å². The van der Waals surface area contributed by atoms with Gasteiger partial charge in [-0.05, 0) is 41.5 Å². The average molecular weight is 276 g/mol. The van der Waals surface area contributed by atoms with E-state index in [1.165, 1.54) is 0 Å². The topological polar surface area (TPSA) is 41.5 Å². The number of aliphatic hydroxyl groups excluding tert-OH is 1. The van der Waals surface area contributed by atoms with Crippen LogP contribution in [0.15, 0.2) is 36.4 Å². The molecule has 0 aromatic heterocycles. The summed E-state index contributed by atoms with van der Waals surface area (Å²) in [5.74, 6) is 0.732. The van der Waals surface area contributed by atoms with E-state index in [0.717, 1.165) is 28.3 Å². The minimum absolute atomic E-state index is 0.0521. The molecule has 2 aromatic rings. The van der Waals surface area contributed by atoms with Crippen LogP contribution in [0.2, 0.25) is 5.02 Å². The molecule has 1 atom stereocenters. The third-order valence-electron chi connectivity index (χ3n) is 3.48. The standard InChI is InChI=1S/C15H14ClNO2/c1-19-10-3-5-14-12(7-10)13(8-18)11-4-2-9(16)6-15(11)17-14/h2-7,13,17-18H,8H2,1H3/t13-/m0/s1. The monoisotopic (exact) mass is 275 g/mol. The molecule has 0 spiro atoms. The number of methoxy groups -OCH3 is 1. The summed E-state index contributed by atoms with van der Waals surface area (Å²) in [6, 6.07) is 11.5. The number of hydrogen-bond acceptors (Lipinski definition) is 3. The zero-order valence-corrected chi connectivity index (χ0v) is 11.2. The number of nitrogens with one attached hydrogen (secondary N) is 1. The van der Waals surface area contributed by atoms with Crippen molar-refractivity contribution >= 4 is 23.0 Å². The fourth-order valence-electron chi connectivity index (χ4n) is 2.52. The van der Waals surface area contributed by atoms with Gasteiger partial charge in [-0.2, -0.15) is 0 Å². The van der Waals surface area contributed by atoms with Crippen LogP contribution < -0.4 is 10.1 Å². The Morgan fingerprint density at radius 3 is 2.74 bits per heavy atom. The van der Waals surface area contributed by atoms with Crippen molar-refractivity contribution in [2.75, 3.05) is 19.0 Å². The van der Waals surface area contributed by atoms with Crippen molar-refractivity contribution in [3.8, 4) is 5.75 Å². The van der Waals surface area contributed by atoms with E-state index in [1.807, 2.05) is 36.4 Å². The number of hydrogen-bond donors (Lipinski definition) is 2. The molecule has 2 aromatic carbocycles. The van der Waals surface area contributed by atoms with Gasteiger partial charge in [0.1, 0.15) is 5.75 Å². The summed E-state index contributed by atoms with van der Waals surface area (Å²) in [6.07, 6.45) is 0. The molecule has 0 saturated carbocycles. The highest BCUT2D eigenvalue weighted by Crippen LogP contribution is 2.43. The molecule has 0 fully saturated rings. The van der Waals surface area contributed by atoms with Crippen LogP contribution in [0, 0.1) is 0 Å². The van der Waals surface area contributed by atoms with Crippen LogP contribution >= 0.6 is 11.6 Å². The van der Waals surface area contributed by atoms with Crippen LogP contribution in [0.5, 0.6) is 5.75 Å². The minimum Gasteiger partial charge on any atom is -0.497 e. The van der Waals surface area contributed by atoms with E-state index in [-0.39, 0.29) is 12.5 Å². The molecule has 3 nitrogen and oxygen atoms in total. The Kier molecular flexibility index (Phi) is 3.09. The largest absolute Gasteiger partial charge is 0.497 e. The first-order chi connectivity index (χ1) is 9.22. The average Bonchev–Trinajstić information content (AvgIpc) is 2.44. The number of halogens is 1. The summed E-state index contributed by atoms with van der Waals surface area (Å²) in [5, 5.41) is 13.7. The summed E-state index contributed by atoms with van der Waals surface area (Å²) in [5.41, 5.74) is 4.02. The molecule has 2 N–H and O–H groups in total. The van der Waals surface area contributed by atoms with E-state index in [9.17, 15) is 5.11 Å². The normalized spacial score (nSPS) is 16.3. The smallest absolute Gasteiger partial charge is 0.119 e. The second-order valence-electron chi connectivity index (χ2n) is 4.54. The molecular weight excluding hydrogens is 262 g/mol. The van der Waals surface area contributed by atoms with E-state index in [4.69, 9.17) is 16.3 Å². The van der Waals surface area contributed by atoms with E-state index >= 15 is 0 Å². The molecule has 1 aliphatic heterocycles. The minimum atomic E-state index is -0.0568. The number of rotatable bonds is 2. The van der Waals surface area contributed by atoms with Crippen molar-refractivity contribution in [2.24, 2.45) is 0 Å². The van der Waals surface area contributed by atoms with Crippen LogP contribution in [0.25, 0.3) is 0 Å². The lowest BCUT2D eigenvalue weighted by atomic mass is 9.86. The third-order valence-corrected chi connectivity index (χ3v) is 3.71. The lowest BCUT2D eigenvalue weighted by Gasteiger charge is -2.28. The molecule has 0 saturated heterocycles. The first kappa shape index (κ1) is 12.3. The van der Waals surface area contributed by atoms with Crippen LogP contribution in [-0.2, 0) is 0 Å². The molecule has 19 heavy (non-hydrogen) atoms. The van der Waals surface area contributed by atoms with Gasteiger partial charge >= 0.3 is 0 Å². The summed E-state index contributed by atoms with van der Waals surface area (Å²) < 4.78 is 5.25. The highest BCUT2D eigenvalue weighted by Gasteiger charge is 2.25. The number of fused-ring (bicyclic) bond motifs is 2. The predicted molar refractivity (Wildman–Crippen MR) is 76.7 cm³/mol. The summed E-state index contributed by atoms with van der Waals surface area (Å²) in [4.78, 5) is 0. The first-order valence-electron chi connectivity index (χ1n) is 6.08. The van der Waals surface area contributed by atoms with Gasteiger partial charge in [0.25, 0.3) is 0 Å². The maximum atomic E-state index is 9.72. The van der Waals surface area contributed by atoms with Crippen molar-refractivity contribution in [2.45, 2.75) is 5.92 Å².